The molecule has 1 amide bonds. The highest BCUT2D eigenvalue weighted by molar-refractivity contribution is 5.83. The van der Waals surface area contributed by atoms with Crippen molar-refractivity contribution < 1.29 is 6.22 Å². The van der Waals surface area contributed by atoms with Crippen molar-refractivity contribution >= 4 is 5.91 Å². The van der Waals surface area contributed by atoms with Gasteiger partial charge < -0.3 is 5.32 Å². The molecule has 0 radical (unpaired) electrons. The quantitative estimate of drug-likeness (QED) is 0.731. The zero-order valence-electron chi connectivity index (χ0n) is 12.2. The van der Waals surface area contributed by atoms with Gasteiger partial charge in [-0.1, -0.05) is 54.2 Å². The van der Waals surface area contributed by atoms with E-state index < -0.39 is 0 Å². The van der Waals surface area contributed by atoms with E-state index >= 15 is 0 Å². The van der Waals surface area contributed by atoms with Crippen molar-refractivity contribution in [2.24, 2.45) is 10.8 Å². The van der Waals surface area contributed by atoms with Crippen molar-refractivity contribution in [2.75, 3.05) is 0 Å². The van der Waals surface area contributed by atoms with Gasteiger partial charge in [-0.15, -0.1) is 0 Å². The molecule has 2 nitrogen and oxygen atoms in total. The van der Waals surface area contributed by atoms with Gasteiger partial charge in [0, 0.05) is 18.0 Å². The Morgan fingerprint density at radius 2 is 1.82 bits per heavy atom. The molecule has 0 atom stereocenters. The maximum absolute atomic E-state index is 11.8. The molecular weight excluding hydrogens is 210 g/mol. The van der Waals surface area contributed by atoms with Crippen LogP contribution in [-0.4, -0.2) is 5.91 Å². The molecule has 1 saturated carbocycles. The van der Waals surface area contributed by atoms with Crippen molar-refractivity contribution in [3.05, 3.63) is 24.4 Å². The van der Waals surface area contributed by atoms with Crippen molar-refractivity contribution in [3.8, 4) is 0 Å². The Morgan fingerprint density at radius 1 is 1.35 bits per heavy atom. The number of hydrogen-bond acceptors (Lipinski definition) is 1. The zero-order valence-corrected chi connectivity index (χ0v) is 12.2. The summed E-state index contributed by atoms with van der Waals surface area (Å²) in [5, 5.41) is 3.01. The number of allylic oxidation sites excluding steroid dienone is 3. The molecule has 1 aliphatic carbocycles. The van der Waals surface area contributed by atoms with Crippen LogP contribution in [0.15, 0.2) is 24.4 Å². The Morgan fingerprint density at radius 3 is 2.12 bits per heavy atom. The fourth-order valence-corrected chi connectivity index (χ4v) is 1.28. The topological polar surface area (TPSA) is 29.1 Å². The number of nitrogens with one attached hydrogen (secondary N) is 1. The molecule has 2 heteroatoms. The third-order valence-corrected chi connectivity index (χ3v) is 2.86. The fourth-order valence-electron chi connectivity index (χ4n) is 1.28. The average molecular weight is 239 g/mol. The first-order valence-electron chi connectivity index (χ1n) is 6.44. The molecule has 17 heavy (non-hydrogen) atoms. The Bertz CT molecular complexity index is 309. The summed E-state index contributed by atoms with van der Waals surface area (Å²) in [4.78, 5) is 11.8. The predicted molar refractivity (Wildman–Crippen MR) is 76.7 cm³/mol. The highest BCUT2D eigenvalue weighted by atomic mass is 16.2. The van der Waals surface area contributed by atoms with E-state index in [0.717, 1.165) is 18.5 Å². The lowest BCUT2D eigenvalue weighted by Crippen LogP contribution is -2.36. The molecule has 0 heterocycles. The molecule has 0 aliphatic heterocycles. The first-order valence-corrected chi connectivity index (χ1v) is 6.44. The van der Waals surface area contributed by atoms with Crippen LogP contribution in [0.3, 0.4) is 0 Å². The van der Waals surface area contributed by atoms with Crippen LogP contribution in [-0.2, 0) is 4.79 Å². The molecule has 0 aromatic heterocycles. The van der Waals surface area contributed by atoms with Gasteiger partial charge >= 0.3 is 0 Å². The van der Waals surface area contributed by atoms with Gasteiger partial charge in [0.2, 0.25) is 5.91 Å². The zero-order chi connectivity index (χ0) is 13.7. The van der Waals surface area contributed by atoms with Crippen molar-refractivity contribution in [2.45, 2.75) is 54.4 Å². The van der Waals surface area contributed by atoms with Gasteiger partial charge in [0.25, 0.3) is 0 Å². The molecule has 1 rings (SSSR count). The van der Waals surface area contributed by atoms with Crippen LogP contribution >= 0.6 is 0 Å². The summed E-state index contributed by atoms with van der Waals surface area (Å²) in [6.07, 6.45) is 5.95. The summed E-state index contributed by atoms with van der Waals surface area (Å²) in [6, 6.07) is 0. The molecule has 0 aromatic rings. The SMILES string of the molecule is C=C/C=C(/NC(=O)C(C)(C)C)C1(C)CC1.CC.[HH]. The summed E-state index contributed by atoms with van der Waals surface area (Å²) in [6.45, 7) is 15.6. The molecule has 1 fully saturated rings. The van der Waals surface area contributed by atoms with E-state index in [1.165, 1.54) is 0 Å². The van der Waals surface area contributed by atoms with Gasteiger partial charge in [0.1, 0.15) is 0 Å². The second-order valence-corrected chi connectivity index (χ2v) is 5.58. The van der Waals surface area contributed by atoms with E-state index in [9.17, 15) is 4.79 Å². The maximum atomic E-state index is 11.8. The molecule has 1 aliphatic rings. The van der Waals surface area contributed by atoms with E-state index in [2.05, 4.69) is 18.8 Å². The van der Waals surface area contributed by atoms with E-state index in [-0.39, 0.29) is 18.2 Å². The van der Waals surface area contributed by atoms with Crippen LogP contribution in [0.4, 0.5) is 0 Å². The molecule has 1 N–H and O–H groups in total. The third kappa shape index (κ3) is 4.76. The highest BCUT2D eigenvalue weighted by Crippen LogP contribution is 2.50. The molecule has 0 saturated heterocycles. The number of hydrogen-bond donors (Lipinski definition) is 1. The monoisotopic (exact) mass is 239 g/mol. The summed E-state index contributed by atoms with van der Waals surface area (Å²) in [7, 11) is 0. The van der Waals surface area contributed by atoms with Gasteiger partial charge in [0.15, 0.2) is 0 Å². The number of carbonyl (C=O) groups is 1. The smallest absolute Gasteiger partial charge is 0.229 e. The molecule has 0 bridgehead atoms. The first kappa shape index (κ1) is 16.0. The maximum Gasteiger partial charge on any atom is 0.229 e. The largest absolute Gasteiger partial charge is 0.329 e. The molecule has 0 unspecified atom stereocenters. The van der Waals surface area contributed by atoms with Crippen LogP contribution in [0.25, 0.3) is 0 Å². The summed E-state index contributed by atoms with van der Waals surface area (Å²) in [5.74, 6) is 0.0729. The number of rotatable bonds is 3. The third-order valence-electron chi connectivity index (χ3n) is 2.86. The Kier molecular flexibility index (Phi) is 5.67. The standard InChI is InChI=1S/C13H21NO.C2H6.H2/c1-6-7-10(13(5)8-9-13)14-11(15)12(2,3)4;1-2;/h6-7H,1,8-9H2,2-5H3,(H,14,15);1-2H3;1H/b10-7+;;. The van der Waals surface area contributed by atoms with Gasteiger partial charge in [-0.2, -0.15) is 0 Å². The van der Waals surface area contributed by atoms with Crippen LogP contribution < -0.4 is 5.32 Å². The second kappa shape index (κ2) is 6.04. The predicted octanol–water partition coefficient (Wildman–Crippen LogP) is 4.29. The Hall–Kier alpha value is -1.05. The molecule has 100 valence electrons. The lowest BCUT2D eigenvalue weighted by atomic mass is 9.94. The summed E-state index contributed by atoms with van der Waals surface area (Å²) in [5.41, 5.74) is 0.845. The summed E-state index contributed by atoms with van der Waals surface area (Å²) < 4.78 is 0. The van der Waals surface area contributed by atoms with Gasteiger partial charge in [-0.25, -0.2) is 0 Å². The minimum Gasteiger partial charge on any atom is -0.329 e. The van der Waals surface area contributed by atoms with Crippen LogP contribution in [0.2, 0.25) is 0 Å². The van der Waals surface area contributed by atoms with Crippen molar-refractivity contribution in [3.63, 3.8) is 0 Å². The van der Waals surface area contributed by atoms with Crippen LogP contribution in [0.5, 0.6) is 0 Å². The van der Waals surface area contributed by atoms with E-state index in [1.54, 1.807) is 6.08 Å². The lowest BCUT2D eigenvalue weighted by Gasteiger charge is -2.22. The van der Waals surface area contributed by atoms with Crippen LogP contribution in [0, 0.1) is 10.8 Å². The van der Waals surface area contributed by atoms with E-state index in [0.29, 0.717) is 0 Å². The molecule has 0 aromatic carbocycles. The Balaban J connectivity index is 0. The van der Waals surface area contributed by atoms with Crippen molar-refractivity contribution in [1.82, 2.24) is 5.32 Å². The highest BCUT2D eigenvalue weighted by Gasteiger charge is 2.42. The summed E-state index contributed by atoms with van der Waals surface area (Å²) >= 11 is 0. The number of amides is 1. The average Bonchev–Trinajstić information content (AvgIpc) is 2.98. The normalized spacial score (nSPS) is 17.6. The van der Waals surface area contributed by atoms with Crippen molar-refractivity contribution in [1.29, 1.82) is 0 Å². The fraction of sp³-hybridized carbons (Fsp3) is 0.667. The van der Waals surface area contributed by atoms with Gasteiger partial charge in [-0.3, -0.25) is 4.79 Å². The minimum absolute atomic E-state index is 0. The van der Waals surface area contributed by atoms with Gasteiger partial charge in [0.05, 0.1) is 0 Å². The van der Waals surface area contributed by atoms with Gasteiger partial charge in [-0.05, 0) is 18.9 Å². The Labute approximate surface area is 108 Å². The number of carbonyl (C=O) groups excluding carboxylic acids is 1. The molecular formula is C15H29NO. The minimum atomic E-state index is -0.342. The van der Waals surface area contributed by atoms with Crippen LogP contribution in [0.1, 0.15) is 55.8 Å². The lowest BCUT2D eigenvalue weighted by molar-refractivity contribution is -0.127. The first-order chi connectivity index (χ1) is 7.79. The second-order valence-electron chi connectivity index (χ2n) is 5.58. The van der Waals surface area contributed by atoms with E-state index in [4.69, 9.17) is 0 Å². The molecule has 0 spiro atoms. The van der Waals surface area contributed by atoms with E-state index in [1.807, 2.05) is 40.7 Å².